The van der Waals surface area contributed by atoms with E-state index >= 15 is 0 Å². The summed E-state index contributed by atoms with van der Waals surface area (Å²) in [7, 11) is -2.66. The monoisotopic (exact) mass is 367 g/mol. The van der Waals surface area contributed by atoms with Crippen molar-refractivity contribution in [1.82, 2.24) is 0 Å². The summed E-state index contributed by atoms with van der Waals surface area (Å²) >= 11 is 6.00. The van der Waals surface area contributed by atoms with Crippen molar-refractivity contribution >= 4 is 33.3 Å². The number of fused-ring (bicyclic) bond motifs is 1. The highest BCUT2D eigenvalue weighted by molar-refractivity contribution is 7.92. The minimum atomic E-state index is -3.88. The van der Waals surface area contributed by atoms with Gasteiger partial charge in [0.25, 0.3) is 10.0 Å². The van der Waals surface area contributed by atoms with Crippen molar-refractivity contribution in [2.45, 2.75) is 11.0 Å². The summed E-state index contributed by atoms with van der Waals surface area (Å²) in [5.74, 6) is -0.399. The molecule has 0 radical (unpaired) electrons. The van der Waals surface area contributed by atoms with Crippen LogP contribution < -0.4 is 9.04 Å². The van der Waals surface area contributed by atoms with Gasteiger partial charge in [0.15, 0.2) is 0 Å². The molecule has 0 aromatic heterocycles. The van der Waals surface area contributed by atoms with Crippen molar-refractivity contribution in [3.05, 3.63) is 53.6 Å². The Kier molecular flexibility index (Phi) is 4.38. The molecule has 1 aliphatic heterocycles. The number of benzene rings is 2. The number of anilines is 1. The lowest BCUT2D eigenvalue weighted by atomic mass is 10.2. The van der Waals surface area contributed by atoms with Gasteiger partial charge >= 0.3 is 5.97 Å². The molecule has 24 heavy (non-hydrogen) atoms. The maximum Gasteiger partial charge on any atom is 0.348 e. The van der Waals surface area contributed by atoms with Gasteiger partial charge in [-0.25, -0.2) is 13.2 Å². The van der Waals surface area contributed by atoms with Crippen LogP contribution in [-0.2, 0) is 19.6 Å². The van der Waals surface area contributed by atoms with Crippen molar-refractivity contribution in [3.63, 3.8) is 0 Å². The van der Waals surface area contributed by atoms with Crippen LogP contribution in [0.5, 0.6) is 5.75 Å². The van der Waals surface area contributed by atoms with Gasteiger partial charge in [0.1, 0.15) is 5.75 Å². The molecular formula is C16H14ClNO5S. The van der Waals surface area contributed by atoms with E-state index < -0.39 is 22.1 Å². The Morgan fingerprint density at radius 2 is 1.96 bits per heavy atom. The summed E-state index contributed by atoms with van der Waals surface area (Å²) in [4.78, 5) is 12.0. The van der Waals surface area contributed by atoms with E-state index in [1.165, 1.54) is 31.4 Å². The molecule has 0 saturated carbocycles. The molecule has 3 rings (SSSR count). The van der Waals surface area contributed by atoms with E-state index in [2.05, 4.69) is 4.74 Å². The number of carbonyl (C=O) groups is 1. The van der Waals surface area contributed by atoms with E-state index in [0.29, 0.717) is 5.02 Å². The zero-order valence-corrected chi connectivity index (χ0v) is 14.3. The van der Waals surface area contributed by atoms with Crippen LogP contribution >= 0.6 is 11.6 Å². The number of carbonyl (C=O) groups excluding carboxylic acids is 1. The summed E-state index contributed by atoms with van der Waals surface area (Å²) in [6, 6.07) is 12.5. The highest BCUT2D eigenvalue weighted by atomic mass is 35.5. The van der Waals surface area contributed by atoms with Crippen LogP contribution in [0.25, 0.3) is 0 Å². The van der Waals surface area contributed by atoms with Gasteiger partial charge in [-0.15, -0.1) is 0 Å². The predicted molar refractivity (Wildman–Crippen MR) is 88.9 cm³/mol. The van der Waals surface area contributed by atoms with Crippen molar-refractivity contribution in [3.8, 4) is 5.75 Å². The third kappa shape index (κ3) is 2.92. The number of rotatable bonds is 3. The number of hydrogen-bond donors (Lipinski definition) is 0. The van der Waals surface area contributed by atoms with Crippen molar-refractivity contribution in [1.29, 1.82) is 0 Å². The third-order valence-corrected chi connectivity index (χ3v) is 5.61. The molecule has 0 fully saturated rings. The molecule has 8 heteroatoms. The van der Waals surface area contributed by atoms with Gasteiger partial charge in [0, 0.05) is 5.02 Å². The summed E-state index contributed by atoms with van der Waals surface area (Å²) in [6.07, 6.45) is -1.05. The molecule has 1 aliphatic rings. The Balaban J connectivity index is 2.12. The first-order valence-corrected chi connectivity index (χ1v) is 8.87. The molecule has 6 nitrogen and oxygen atoms in total. The topological polar surface area (TPSA) is 72.9 Å². The Morgan fingerprint density at radius 3 is 2.62 bits per heavy atom. The second-order valence-corrected chi connectivity index (χ2v) is 7.39. The van der Waals surface area contributed by atoms with Gasteiger partial charge in [0.05, 0.1) is 24.2 Å². The van der Waals surface area contributed by atoms with E-state index in [4.69, 9.17) is 16.3 Å². The summed E-state index contributed by atoms with van der Waals surface area (Å²) < 4.78 is 37.4. The number of ether oxygens (including phenoxy) is 2. The number of nitrogens with zero attached hydrogens (tertiary/aromatic N) is 1. The third-order valence-electron chi connectivity index (χ3n) is 3.59. The molecule has 2 aromatic carbocycles. The number of sulfonamides is 1. The van der Waals surface area contributed by atoms with Crippen LogP contribution in [-0.4, -0.2) is 34.1 Å². The lowest BCUT2D eigenvalue weighted by molar-refractivity contribution is -0.148. The second kappa shape index (κ2) is 6.33. The fourth-order valence-corrected chi connectivity index (χ4v) is 4.08. The summed E-state index contributed by atoms with van der Waals surface area (Å²) in [6.45, 7) is -0.197. The van der Waals surface area contributed by atoms with Crippen molar-refractivity contribution < 1.29 is 22.7 Å². The van der Waals surface area contributed by atoms with E-state index in [1.54, 1.807) is 24.3 Å². The molecule has 0 N–H and O–H groups in total. The first-order valence-electron chi connectivity index (χ1n) is 7.05. The minimum Gasteiger partial charge on any atom is -0.475 e. The second-order valence-electron chi connectivity index (χ2n) is 5.09. The highest BCUT2D eigenvalue weighted by Crippen LogP contribution is 2.38. The molecule has 0 saturated heterocycles. The number of hydrogen-bond acceptors (Lipinski definition) is 5. The Bertz CT molecular complexity index is 869. The van der Waals surface area contributed by atoms with E-state index in [-0.39, 0.29) is 22.9 Å². The molecule has 1 atom stereocenters. The fraction of sp³-hybridized carbons (Fsp3) is 0.188. The standard InChI is InChI=1S/C16H14ClNO5S/c1-22-16(19)15-10-18(13-9-11(17)7-8-14(13)23-15)24(20,21)12-5-3-2-4-6-12/h2-9,15H,10H2,1H3. The van der Waals surface area contributed by atoms with Gasteiger partial charge in [-0.2, -0.15) is 0 Å². The predicted octanol–water partition coefficient (Wildman–Crippen LogP) is 2.47. The van der Waals surface area contributed by atoms with Crippen LogP contribution in [0.1, 0.15) is 0 Å². The maximum atomic E-state index is 13.0. The summed E-state index contributed by atoms with van der Waals surface area (Å²) in [5.41, 5.74) is 0.284. The highest BCUT2D eigenvalue weighted by Gasteiger charge is 2.38. The number of methoxy groups -OCH3 is 1. The minimum absolute atomic E-state index is 0.112. The molecule has 126 valence electrons. The quantitative estimate of drug-likeness (QED) is 0.779. The molecule has 0 spiro atoms. The molecular weight excluding hydrogens is 354 g/mol. The largest absolute Gasteiger partial charge is 0.475 e. The van der Waals surface area contributed by atoms with Crippen LogP contribution in [0.2, 0.25) is 5.02 Å². The van der Waals surface area contributed by atoms with E-state index in [1.807, 2.05) is 0 Å². The SMILES string of the molecule is COC(=O)C1CN(S(=O)(=O)c2ccccc2)c2cc(Cl)ccc2O1. The number of esters is 1. The van der Waals surface area contributed by atoms with Gasteiger partial charge < -0.3 is 9.47 Å². The average Bonchev–Trinajstić information content (AvgIpc) is 2.60. The van der Waals surface area contributed by atoms with E-state index in [0.717, 1.165) is 4.31 Å². The van der Waals surface area contributed by atoms with Crippen molar-refractivity contribution in [2.24, 2.45) is 0 Å². The summed E-state index contributed by atoms with van der Waals surface area (Å²) in [5, 5.41) is 0.363. The van der Waals surface area contributed by atoms with Crippen LogP contribution in [0, 0.1) is 0 Å². The Morgan fingerprint density at radius 1 is 1.25 bits per heavy atom. The first-order chi connectivity index (χ1) is 11.4. The molecule has 2 aromatic rings. The Hall–Kier alpha value is -2.25. The van der Waals surface area contributed by atoms with Gasteiger partial charge in [-0.05, 0) is 30.3 Å². The number of halogens is 1. The molecule has 1 heterocycles. The Labute approximate surface area is 144 Å². The van der Waals surface area contributed by atoms with Gasteiger partial charge in [0.2, 0.25) is 6.10 Å². The maximum absolute atomic E-state index is 13.0. The first kappa shape index (κ1) is 16.6. The molecule has 0 bridgehead atoms. The lowest BCUT2D eigenvalue weighted by Crippen LogP contribution is -2.47. The lowest BCUT2D eigenvalue weighted by Gasteiger charge is -2.34. The molecule has 1 unspecified atom stereocenters. The smallest absolute Gasteiger partial charge is 0.348 e. The van der Waals surface area contributed by atoms with E-state index in [9.17, 15) is 13.2 Å². The molecule has 0 aliphatic carbocycles. The van der Waals surface area contributed by atoms with Crippen LogP contribution in [0.3, 0.4) is 0 Å². The zero-order valence-electron chi connectivity index (χ0n) is 12.7. The average molecular weight is 368 g/mol. The van der Waals surface area contributed by atoms with Crippen LogP contribution in [0.4, 0.5) is 5.69 Å². The van der Waals surface area contributed by atoms with Gasteiger partial charge in [-0.1, -0.05) is 29.8 Å². The van der Waals surface area contributed by atoms with Gasteiger partial charge in [-0.3, -0.25) is 4.31 Å². The van der Waals surface area contributed by atoms with Crippen molar-refractivity contribution in [2.75, 3.05) is 18.0 Å². The van der Waals surface area contributed by atoms with Crippen LogP contribution in [0.15, 0.2) is 53.4 Å². The zero-order chi connectivity index (χ0) is 17.3. The normalized spacial score (nSPS) is 16.9. The molecule has 0 amide bonds. The fourth-order valence-electron chi connectivity index (χ4n) is 2.43.